The number of carbonyl (C=O) groups is 1. The maximum absolute atomic E-state index is 11.4. The number of carbonyl (C=O) groups excluding carboxylic acids is 1. The molecule has 0 aliphatic rings. The molecule has 88 valence electrons. The van der Waals surface area contributed by atoms with Gasteiger partial charge in [0.15, 0.2) is 0 Å². The molecule has 1 aromatic rings. The van der Waals surface area contributed by atoms with Crippen LogP contribution in [0.5, 0.6) is 0 Å². The number of para-hydroxylation sites is 1. The number of hydrogen-bond donors (Lipinski definition) is 2. The Morgan fingerprint density at radius 1 is 1.38 bits per heavy atom. The minimum atomic E-state index is 0.0396. The maximum Gasteiger partial charge on any atom is 0.239 e. The zero-order valence-corrected chi connectivity index (χ0v) is 10.6. The number of rotatable bonds is 6. The lowest BCUT2D eigenvalue weighted by atomic mass is 10.3. The quantitative estimate of drug-likeness (QED) is 0.747. The highest BCUT2D eigenvalue weighted by molar-refractivity contribution is 7.98. The van der Waals surface area contributed by atoms with E-state index in [1.54, 1.807) is 11.8 Å². The van der Waals surface area contributed by atoms with E-state index in [0.717, 1.165) is 23.5 Å². The Morgan fingerprint density at radius 2 is 2.12 bits per heavy atom. The monoisotopic (exact) mass is 238 g/mol. The average Bonchev–Trinajstić information content (AvgIpc) is 2.34. The van der Waals surface area contributed by atoms with E-state index in [4.69, 9.17) is 0 Å². The van der Waals surface area contributed by atoms with Gasteiger partial charge >= 0.3 is 0 Å². The number of anilines is 1. The molecule has 2 N–H and O–H groups in total. The molecule has 0 unspecified atom stereocenters. The van der Waals surface area contributed by atoms with Crippen molar-refractivity contribution in [3.05, 3.63) is 24.3 Å². The molecule has 0 aliphatic carbocycles. The van der Waals surface area contributed by atoms with Crippen molar-refractivity contribution in [1.82, 2.24) is 5.32 Å². The van der Waals surface area contributed by atoms with Crippen LogP contribution in [0, 0.1) is 0 Å². The van der Waals surface area contributed by atoms with Crippen molar-refractivity contribution >= 4 is 23.4 Å². The average molecular weight is 238 g/mol. The third kappa shape index (κ3) is 4.14. The number of nitrogens with one attached hydrogen (secondary N) is 2. The second-order valence-electron chi connectivity index (χ2n) is 3.40. The third-order valence-corrected chi connectivity index (χ3v) is 2.91. The lowest BCUT2D eigenvalue weighted by Crippen LogP contribution is -2.30. The van der Waals surface area contributed by atoms with Gasteiger partial charge in [-0.25, -0.2) is 0 Å². The number of hydrogen-bond acceptors (Lipinski definition) is 3. The molecule has 1 amide bonds. The Morgan fingerprint density at radius 3 is 2.81 bits per heavy atom. The highest BCUT2D eigenvalue weighted by Gasteiger charge is 2.02. The Labute approximate surface area is 101 Å². The minimum absolute atomic E-state index is 0.0396. The summed E-state index contributed by atoms with van der Waals surface area (Å²) in [7, 11) is 0. The van der Waals surface area contributed by atoms with E-state index >= 15 is 0 Å². The summed E-state index contributed by atoms with van der Waals surface area (Å²) >= 11 is 1.67. The first-order chi connectivity index (χ1) is 7.77. The summed E-state index contributed by atoms with van der Waals surface area (Å²) in [4.78, 5) is 12.6. The van der Waals surface area contributed by atoms with Crippen LogP contribution in [0.15, 0.2) is 29.2 Å². The number of benzene rings is 1. The van der Waals surface area contributed by atoms with Crippen LogP contribution in [0.2, 0.25) is 0 Å². The van der Waals surface area contributed by atoms with Crippen LogP contribution in [-0.4, -0.2) is 25.3 Å². The molecular weight excluding hydrogens is 220 g/mol. The van der Waals surface area contributed by atoms with Crippen molar-refractivity contribution in [2.45, 2.75) is 18.2 Å². The van der Waals surface area contributed by atoms with Gasteiger partial charge in [0.2, 0.25) is 5.91 Å². The van der Waals surface area contributed by atoms with Gasteiger partial charge in [0.25, 0.3) is 0 Å². The summed E-state index contributed by atoms with van der Waals surface area (Å²) in [5.41, 5.74) is 1.02. The predicted molar refractivity (Wildman–Crippen MR) is 70.0 cm³/mol. The van der Waals surface area contributed by atoms with Crippen molar-refractivity contribution < 1.29 is 4.79 Å². The summed E-state index contributed by atoms with van der Waals surface area (Å²) in [5.74, 6) is 0.0396. The molecule has 0 atom stereocenters. The lowest BCUT2D eigenvalue weighted by Gasteiger charge is -2.10. The van der Waals surface area contributed by atoms with Gasteiger partial charge in [-0.05, 0) is 24.8 Å². The summed E-state index contributed by atoms with van der Waals surface area (Å²) in [6.07, 6.45) is 2.99. The Bertz CT molecular complexity index is 342. The van der Waals surface area contributed by atoms with E-state index < -0.39 is 0 Å². The topological polar surface area (TPSA) is 41.1 Å². The van der Waals surface area contributed by atoms with Crippen molar-refractivity contribution in [1.29, 1.82) is 0 Å². The fraction of sp³-hybridized carbons (Fsp3) is 0.417. The van der Waals surface area contributed by atoms with Crippen LogP contribution in [0.4, 0.5) is 5.69 Å². The molecule has 0 fully saturated rings. The zero-order chi connectivity index (χ0) is 11.8. The van der Waals surface area contributed by atoms with Gasteiger partial charge in [0.05, 0.1) is 6.54 Å². The normalized spacial score (nSPS) is 9.88. The van der Waals surface area contributed by atoms with Crippen LogP contribution in [0.25, 0.3) is 0 Å². The highest BCUT2D eigenvalue weighted by Crippen LogP contribution is 2.24. The third-order valence-electron chi connectivity index (χ3n) is 2.12. The molecular formula is C12H18N2OS. The molecule has 1 rings (SSSR count). The Kier molecular flexibility index (Phi) is 5.78. The molecule has 0 spiro atoms. The van der Waals surface area contributed by atoms with E-state index in [0.29, 0.717) is 6.54 Å². The van der Waals surface area contributed by atoms with Gasteiger partial charge < -0.3 is 10.6 Å². The molecule has 4 heteroatoms. The predicted octanol–water partition coefficient (Wildman–Crippen LogP) is 2.35. The van der Waals surface area contributed by atoms with E-state index in [2.05, 4.69) is 10.6 Å². The number of amides is 1. The molecule has 0 bridgehead atoms. The summed E-state index contributed by atoms with van der Waals surface area (Å²) < 4.78 is 0. The van der Waals surface area contributed by atoms with E-state index in [-0.39, 0.29) is 5.91 Å². The van der Waals surface area contributed by atoms with Crippen LogP contribution < -0.4 is 10.6 Å². The van der Waals surface area contributed by atoms with Gasteiger partial charge in [-0.3, -0.25) is 4.79 Å². The molecule has 0 aromatic heterocycles. The van der Waals surface area contributed by atoms with Crippen LogP contribution in [0.3, 0.4) is 0 Å². The SMILES string of the molecule is CCCNC(=O)CNc1ccccc1SC. The van der Waals surface area contributed by atoms with E-state index in [1.165, 1.54) is 0 Å². The van der Waals surface area contributed by atoms with Gasteiger partial charge in [0, 0.05) is 17.1 Å². The van der Waals surface area contributed by atoms with E-state index in [1.807, 2.05) is 37.4 Å². The molecule has 0 radical (unpaired) electrons. The van der Waals surface area contributed by atoms with Crippen LogP contribution in [-0.2, 0) is 4.79 Å². The standard InChI is InChI=1S/C12H18N2OS/c1-3-8-13-12(15)9-14-10-6-4-5-7-11(10)16-2/h4-7,14H,3,8-9H2,1-2H3,(H,13,15). The Balaban J connectivity index is 2.44. The molecule has 0 heterocycles. The fourth-order valence-corrected chi connectivity index (χ4v) is 1.87. The van der Waals surface area contributed by atoms with Crippen molar-refractivity contribution in [2.24, 2.45) is 0 Å². The Hall–Kier alpha value is -1.16. The first-order valence-electron chi connectivity index (χ1n) is 5.41. The maximum atomic E-state index is 11.4. The van der Waals surface area contributed by atoms with Crippen LogP contribution in [0.1, 0.15) is 13.3 Å². The molecule has 0 saturated heterocycles. The highest BCUT2D eigenvalue weighted by atomic mass is 32.2. The second kappa shape index (κ2) is 7.17. The molecule has 0 saturated carbocycles. The van der Waals surface area contributed by atoms with Gasteiger partial charge in [0.1, 0.15) is 0 Å². The lowest BCUT2D eigenvalue weighted by molar-refractivity contribution is -0.119. The largest absolute Gasteiger partial charge is 0.375 e. The summed E-state index contributed by atoms with van der Waals surface area (Å²) in [6.45, 7) is 3.11. The summed E-state index contributed by atoms with van der Waals surface area (Å²) in [6, 6.07) is 7.98. The van der Waals surface area contributed by atoms with Gasteiger partial charge in [-0.15, -0.1) is 11.8 Å². The van der Waals surface area contributed by atoms with Gasteiger partial charge in [-0.1, -0.05) is 19.1 Å². The van der Waals surface area contributed by atoms with Gasteiger partial charge in [-0.2, -0.15) is 0 Å². The van der Waals surface area contributed by atoms with E-state index in [9.17, 15) is 4.79 Å². The number of thioether (sulfide) groups is 1. The minimum Gasteiger partial charge on any atom is -0.375 e. The zero-order valence-electron chi connectivity index (χ0n) is 9.75. The fourth-order valence-electron chi connectivity index (χ4n) is 1.29. The van der Waals surface area contributed by atoms with Crippen molar-refractivity contribution in [2.75, 3.05) is 24.7 Å². The molecule has 3 nitrogen and oxygen atoms in total. The second-order valence-corrected chi connectivity index (χ2v) is 4.25. The van der Waals surface area contributed by atoms with Crippen molar-refractivity contribution in [3.63, 3.8) is 0 Å². The molecule has 16 heavy (non-hydrogen) atoms. The smallest absolute Gasteiger partial charge is 0.239 e. The molecule has 1 aromatic carbocycles. The van der Waals surface area contributed by atoms with Crippen molar-refractivity contribution in [3.8, 4) is 0 Å². The first-order valence-corrected chi connectivity index (χ1v) is 6.64. The first kappa shape index (κ1) is 12.9. The van der Waals surface area contributed by atoms with Crippen LogP contribution >= 0.6 is 11.8 Å². The molecule has 0 aliphatic heterocycles. The summed E-state index contributed by atoms with van der Waals surface area (Å²) in [5, 5.41) is 5.97.